The third kappa shape index (κ3) is 2.63. The molecule has 0 bridgehead atoms. The molecule has 2 N–H and O–H groups in total. The van der Waals surface area contributed by atoms with Crippen molar-refractivity contribution in [3.8, 4) is 0 Å². The Kier molecular flexibility index (Phi) is 4.20. The average Bonchev–Trinajstić information content (AvgIpc) is 2.95. The lowest BCUT2D eigenvalue weighted by Crippen LogP contribution is -2.54. The van der Waals surface area contributed by atoms with Crippen LogP contribution < -0.4 is 5.73 Å². The van der Waals surface area contributed by atoms with Crippen LogP contribution in [0.25, 0.3) is 0 Å². The van der Waals surface area contributed by atoms with Crippen LogP contribution in [0.4, 0.5) is 0 Å². The van der Waals surface area contributed by atoms with Gasteiger partial charge in [0.2, 0.25) is 5.91 Å². The molecule has 1 fully saturated rings. The van der Waals surface area contributed by atoms with Crippen LogP contribution in [-0.2, 0) is 4.79 Å². The molecule has 19 heavy (non-hydrogen) atoms. The molecule has 4 nitrogen and oxygen atoms in total. The molecule has 0 aromatic carbocycles. The largest absolute Gasteiger partial charge is 0.334 e. The molecule has 1 unspecified atom stereocenters. The van der Waals surface area contributed by atoms with Crippen molar-refractivity contribution in [3.63, 3.8) is 0 Å². The van der Waals surface area contributed by atoms with Crippen molar-refractivity contribution >= 4 is 5.91 Å². The van der Waals surface area contributed by atoms with Gasteiger partial charge in [0.1, 0.15) is 0 Å². The molecule has 2 heterocycles. The lowest BCUT2D eigenvalue weighted by Gasteiger charge is -2.34. The van der Waals surface area contributed by atoms with E-state index >= 15 is 0 Å². The summed E-state index contributed by atoms with van der Waals surface area (Å²) in [6.07, 6.45) is 7.01. The Balaban J connectivity index is 2.22. The summed E-state index contributed by atoms with van der Waals surface area (Å²) >= 11 is 0. The number of hydrogen-bond donors (Lipinski definition) is 1. The molecule has 1 atom stereocenters. The predicted molar refractivity (Wildman–Crippen MR) is 75.4 cm³/mol. The van der Waals surface area contributed by atoms with Crippen molar-refractivity contribution in [2.45, 2.75) is 51.1 Å². The molecule has 0 aliphatic carbocycles. The molecule has 1 aromatic rings. The van der Waals surface area contributed by atoms with E-state index in [1.807, 2.05) is 37.1 Å². The minimum absolute atomic E-state index is 0.0869. The van der Waals surface area contributed by atoms with E-state index in [0.29, 0.717) is 12.8 Å². The Morgan fingerprint density at radius 2 is 2.26 bits per heavy atom. The van der Waals surface area contributed by atoms with Gasteiger partial charge in [0, 0.05) is 18.9 Å². The Bertz CT molecular complexity index is 428. The summed E-state index contributed by atoms with van der Waals surface area (Å²) in [5.74, 6) is 0.0869. The first-order chi connectivity index (χ1) is 9.12. The monoisotopic (exact) mass is 261 g/mol. The molecule has 1 aromatic heterocycles. The fourth-order valence-electron chi connectivity index (χ4n) is 2.77. The zero-order chi connectivity index (χ0) is 13.9. The van der Waals surface area contributed by atoms with Crippen molar-refractivity contribution in [3.05, 3.63) is 30.1 Å². The fourth-order valence-corrected chi connectivity index (χ4v) is 2.77. The van der Waals surface area contributed by atoms with E-state index in [4.69, 9.17) is 5.73 Å². The maximum absolute atomic E-state index is 12.7. The van der Waals surface area contributed by atoms with Crippen molar-refractivity contribution in [1.82, 2.24) is 9.88 Å². The number of aromatic nitrogens is 1. The summed E-state index contributed by atoms with van der Waals surface area (Å²) in [7, 11) is 0. The first-order valence-electron chi connectivity index (χ1n) is 7.12. The van der Waals surface area contributed by atoms with Crippen molar-refractivity contribution in [1.29, 1.82) is 0 Å². The number of carbonyl (C=O) groups is 1. The highest BCUT2D eigenvalue weighted by Crippen LogP contribution is 2.33. The van der Waals surface area contributed by atoms with E-state index in [1.165, 1.54) is 0 Å². The minimum atomic E-state index is -0.717. The predicted octanol–water partition coefficient (Wildman–Crippen LogP) is 2.26. The van der Waals surface area contributed by atoms with Gasteiger partial charge in [-0.3, -0.25) is 9.78 Å². The highest BCUT2D eigenvalue weighted by Gasteiger charge is 2.39. The molecule has 0 spiro atoms. The number of pyridine rings is 1. The highest BCUT2D eigenvalue weighted by molar-refractivity contribution is 5.86. The molecule has 2 rings (SSSR count). The van der Waals surface area contributed by atoms with Gasteiger partial charge in [-0.1, -0.05) is 19.9 Å². The van der Waals surface area contributed by atoms with Gasteiger partial charge in [0.15, 0.2) is 0 Å². The topological polar surface area (TPSA) is 59.2 Å². The lowest BCUT2D eigenvalue weighted by atomic mass is 9.91. The summed E-state index contributed by atoms with van der Waals surface area (Å²) in [5.41, 5.74) is 6.65. The molecular formula is C15H23N3O. The second kappa shape index (κ2) is 5.70. The second-order valence-electron chi connectivity index (χ2n) is 5.31. The van der Waals surface area contributed by atoms with Crippen LogP contribution in [0, 0.1) is 0 Å². The van der Waals surface area contributed by atoms with Crippen LogP contribution >= 0.6 is 0 Å². The Hall–Kier alpha value is -1.42. The van der Waals surface area contributed by atoms with Gasteiger partial charge in [-0.05, 0) is 37.3 Å². The Morgan fingerprint density at radius 1 is 1.53 bits per heavy atom. The van der Waals surface area contributed by atoms with Crippen LogP contribution in [0.3, 0.4) is 0 Å². The van der Waals surface area contributed by atoms with Crippen molar-refractivity contribution < 1.29 is 4.79 Å². The SMILES string of the molecule is CCC(N)(CC)C(=O)N1CCCC1c1cccnc1. The summed E-state index contributed by atoms with van der Waals surface area (Å²) in [5, 5.41) is 0. The number of rotatable bonds is 4. The maximum atomic E-state index is 12.7. The Morgan fingerprint density at radius 3 is 2.84 bits per heavy atom. The number of nitrogens with two attached hydrogens (primary N) is 1. The molecule has 1 aliphatic heterocycles. The van der Waals surface area contributed by atoms with E-state index < -0.39 is 5.54 Å². The maximum Gasteiger partial charge on any atom is 0.243 e. The van der Waals surface area contributed by atoms with Gasteiger partial charge < -0.3 is 10.6 Å². The fraction of sp³-hybridized carbons (Fsp3) is 0.600. The van der Waals surface area contributed by atoms with Crippen molar-refractivity contribution in [2.24, 2.45) is 5.73 Å². The van der Waals surface area contributed by atoms with Crippen LogP contribution in [0.2, 0.25) is 0 Å². The third-order valence-electron chi connectivity index (χ3n) is 4.27. The first kappa shape index (κ1) is 14.0. The second-order valence-corrected chi connectivity index (χ2v) is 5.31. The zero-order valence-corrected chi connectivity index (χ0v) is 11.8. The van der Waals surface area contributed by atoms with Crippen LogP contribution in [0.1, 0.15) is 51.1 Å². The number of amides is 1. The number of nitrogens with zero attached hydrogens (tertiary/aromatic N) is 2. The molecule has 1 saturated heterocycles. The molecule has 0 radical (unpaired) electrons. The summed E-state index contributed by atoms with van der Waals surface area (Å²) in [6, 6.07) is 4.10. The number of likely N-dealkylation sites (tertiary alicyclic amines) is 1. The van der Waals surface area contributed by atoms with Crippen LogP contribution in [0.15, 0.2) is 24.5 Å². The van der Waals surface area contributed by atoms with Crippen LogP contribution in [-0.4, -0.2) is 27.9 Å². The van der Waals surface area contributed by atoms with Crippen molar-refractivity contribution in [2.75, 3.05) is 6.54 Å². The zero-order valence-electron chi connectivity index (χ0n) is 11.8. The van der Waals surface area contributed by atoms with Gasteiger partial charge in [-0.15, -0.1) is 0 Å². The molecule has 1 amide bonds. The minimum Gasteiger partial charge on any atom is -0.334 e. The van der Waals surface area contributed by atoms with E-state index in [0.717, 1.165) is 24.9 Å². The van der Waals surface area contributed by atoms with E-state index in [2.05, 4.69) is 4.98 Å². The number of hydrogen-bond acceptors (Lipinski definition) is 3. The highest BCUT2D eigenvalue weighted by atomic mass is 16.2. The van der Waals surface area contributed by atoms with Gasteiger partial charge in [-0.25, -0.2) is 0 Å². The normalized spacial score (nSPS) is 19.7. The van der Waals surface area contributed by atoms with Gasteiger partial charge in [0.25, 0.3) is 0 Å². The number of carbonyl (C=O) groups excluding carboxylic acids is 1. The van der Waals surface area contributed by atoms with E-state index in [-0.39, 0.29) is 11.9 Å². The van der Waals surface area contributed by atoms with Gasteiger partial charge in [0.05, 0.1) is 11.6 Å². The van der Waals surface area contributed by atoms with E-state index in [9.17, 15) is 4.79 Å². The average molecular weight is 261 g/mol. The first-order valence-corrected chi connectivity index (χ1v) is 7.12. The quantitative estimate of drug-likeness (QED) is 0.904. The summed E-state index contributed by atoms with van der Waals surface area (Å²) in [6.45, 7) is 4.77. The molecular weight excluding hydrogens is 238 g/mol. The van der Waals surface area contributed by atoms with Gasteiger partial charge >= 0.3 is 0 Å². The van der Waals surface area contributed by atoms with Crippen LogP contribution in [0.5, 0.6) is 0 Å². The molecule has 1 aliphatic rings. The van der Waals surface area contributed by atoms with E-state index in [1.54, 1.807) is 6.20 Å². The third-order valence-corrected chi connectivity index (χ3v) is 4.27. The summed E-state index contributed by atoms with van der Waals surface area (Å²) < 4.78 is 0. The molecule has 0 saturated carbocycles. The smallest absolute Gasteiger partial charge is 0.243 e. The molecule has 4 heteroatoms. The summed E-state index contributed by atoms with van der Waals surface area (Å²) in [4.78, 5) is 18.8. The lowest BCUT2D eigenvalue weighted by molar-refractivity contribution is -0.138. The molecule has 104 valence electrons. The van der Waals surface area contributed by atoms with Gasteiger partial charge in [-0.2, -0.15) is 0 Å². The standard InChI is InChI=1S/C15H23N3O/c1-3-15(16,4-2)14(19)18-10-6-8-13(18)12-7-5-9-17-11-12/h5,7,9,11,13H,3-4,6,8,10,16H2,1-2H3. The Labute approximate surface area is 115 Å².